The number of hydrogen-bond acceptors (Lipinski definition) is 4. The average Bonchev–Trinajstić information content (AvgIpc) is 3.10. The molecule has 30 heavy (non-hydrogen) atoms. The van der Waals surface area contributed by atoms with E-state index in [1.54, 1.807) is 12.0 Å². The maximum atomic E-state index is 13.5. The van der Waals surface area contributed by atoms with Crippen molar-refractivity contribution in [3.63, 3.8) is 0 Å². The molecular weight excluding hydrogens is 378 g/mol. The molecule has 2 aromatic rings. The topological polar surface area (TPSA) is 53.1 Å². The number of methoxy groups -OCH3 is 1. The fourth-order valence-corrected chi connectivity index (χ4v) is 4.46. The van der Waals surface area contributed by atoms with Crippen LogP contribution in [0.4, 0.5) is 5.69 Å². The molecule has 1 fully saturated rings. The molecule has 6 nitrogen and oxygen atoms in total. The molecule has 2 aliphatic rings. The van der Waals surface area contributed by atoms with E-state index in [-0.39, 0.29) is 17.7 Å². The molecule has 0 radical (unpaired) electrons. The first-order chi connectivity index (χ1) is 14.5. The van der Waals surface area contributed by atoms with Crippen molar-refractivity contribution < 1.29 is 14.3 Å². The van der Waals surface area contributed by atoms with Crippen molar-refractivity contribution >= 4 is 17.5 Å². The number of carbonyl (C=O) groups excluding carboxylic acids is 2. The maximum Gasteiger partial charge on any atom is 0.255 e. The second-order valence-electron chi connectivity index (χ2n) is 8.29. The molecule has 2 heterocycles. The van der Waals surface area contributed by atoms with E-state index in [2.05, 4.69) is 11.0 Å². The van der Waals surface area contributed by atoms with Crippen LogP contribution in [0.1, 0.15) is 29.8 Å². The Hall–Kier alpha value is -3.02. The third-order valence-corrected chi connectivity index (χ3v) is 6.08. The Kier molecular flexibility index (Phi) is 5.66. The summed E-state index contributed by atoms with van der Waals surface area (Å²) in [5.74, 6) is 0.897. The van der Waals surface area contributed by atoms with Crippen LogP contribution < -0.4 is 9.64 Å². The molecule has 0 bridgehead atoms. The van der Waals surface area contributed by atoms with Gasteiger partial charge in [-0.3, -0.25) is 9.59 Å². The number of anilines is 1. The normalized spacial score (nSPS) is 17.3. The fraction of sp³-hybridized carbons (Fsp3) is 0.417. The van der Waals surface area contributed by atoms with Crippen LogP contribution in [-0.4, -0.2) is 60.9 Å². The third-order valence-electron chi connectivity index (χ3n) is 6.08. The monoisotopic (exact) mass is 407 g/mol. The van der Waals surface area contributed by atoms with E-state index in [1.807, 2.05) is 61.2 Å². The van der Waals surface area contributed by atoms with Gasteiger partial charge in [0, 0.05) is 50.0 Å². The van der Waals surface area contributed by atoms with E-state index in [0.29, 0.717) is 19.6 Å². The van der Waals surface area contributed by atoms with Crippen molar-refractivity contribution in [2.45, 2.75) is 26.4 Å². The summed E-state index contributed by atoms with van der Waals surface area (Å²) in [7, 11) is 1.67. The molecule has 2 aromatic carbocycles. The van der Waals surface area contributed by atoms with Gasteiger partial charge in [0.2, 0.25) is 5.91 Å². The van der Waals surface area contributed by atoms with E-state index in [1.165, 1.54) is 0 Å². The number of nitrogens with zero attached hydrogens (tertiary/aromatic N) is 3. The Bertz CT molecular complexity index is 935. The molecule has 6 heteroatoms. The highest BCUT2D eigenvalue weighted by molar-refractivity contribution is 6.01. The number of benzene rings is 2. The second kappa shape index (κ2) is 8.38. The standard InChI is InChI=1S/C24H29N3O3/c1-17(2)22(27-16-18-7-4-5-10-21(18)23(27)28)24(29)26-13-11-25(12-14-26)19-8-6-9-20(15-19)30-3/h4-10,15,17,22H,11-14,16H2,1-3H3. The lowest BCUT2D eigenvalue weighted by molar-refractivity contribution is -0.138. The Labute approximate surface area is 178 Å². The predicted molar refractivity (Wildman–Crippen MR) is 117 cm³/mol. The number of piperazine rings is 1. The lowest BCUT2D eigenvalue weighted by atomic mass is 10.0. The van der Waals surface area contributed by atoms with Crippen molar-refractivity contribution in [2.75, 3.05) is 38.2 Å². The van der Waals surface area contributed by atoms with Crippen LogP contribution in [0.15, 0.2) is 48.5 Å². The van der Waals surface area contributed by atoms with Crippen molar-refractivity contribution in [2.24, 2.45) is 5.92 Å². The van der Waals surface area contributed by atoms with E-state index in [4.69, 9.17) is 4.74 Å². The summed E-state index contributed by atoms with van der Waals surface area (Å²) in [4.78, 5) is 32.4. The second-order valence-corrected chi connectivity index (χ2v) is 8.29. The van der Waals surface area contributed by atoms with Crippen molar-refractivity contribution in [1.82, 2.24) is 9.80 Å². The highest BCUT2D eigenvalue weighted by Crippen LogP contribution is 2.28. The summed E-state index contributed by atoms with van der Waals surface area (Å²) < 4.78 is 5.33. The van der Waals surface area contributed by atoms with Gasteiger partial charge in [-0.25, -0.2) is 0 Å². The zero-order valence-electron chi connectivity index (χ0n) is 17.9. The summed E-state index contributed by atoms with van der Waals surface area (Å²) in [5.41, 5.74) is 2.83. The molecule has 0 N–H and O–H groups in total. The SMILES string of the molecule is COc1cccc(N2CCN(C(=O)C(C(C)C)N3Cc4ccccc4C3=O)CC2)c1. The summed E-state index contributed by atoms with van der Waals surface area (Å²) in [5, 5.41) is 0. The largest absolute Gasteiger partial charge is 0.497 e. The minimum absolute atomic E-state index is 0.0346. The van der Waals surface area contributed by atoms with Crippen LogP contribution in [0.25, 0.3) is 0 Å². The predicted octanol–water partition coefficient (Wildman–Crippen LogP) is 3.02. The molecule has 0 aliphatic carbocycles. The summed E-state index contributed by atoms with van der Waals surface area (Å²) >= 11 is 0. The minimum atomic E-state index is -0.437. The van der Waals surface area contributed by atoms with Gasteiger partial charge in [0.1, 0.15) is 11.8 Å². The summed E-state index contributed by atoms with van der Waals surface area (Å²) in [6.07, 6.45) is 0. The van der Waals surface area contributed by atoms with E-state index < -0.39 is 6.04 Å². The Morgan fingerprint density at radius 2 is 1.73 bits per heavy atom. The van der Waals surface area contributed by atoms with Gasteiger partial charge < -0.3 is 19.4 Å². The highest BCUT2D eigenvalue weighted by atomic mass is 16.5. The Morgan fingerprint density at radius 3 is 2.40 bits per heavy atom. The molecule has 158 valence electrons. The first-order valence-electron chi connectivity index (χ1n) is 10.6. The Balaban J connectivity index is 1.45. The first-order valence-corrected chi connectivity index (χ1v) is 10.6. The fourth-order valence-electron chi connectivity index (χ4n) is 4.46. The molecule has 2 amide bonds. The number of hydrogen-bond donors (Lipinski definition) is 0. The minimum Gasteiger partial charge on any atom is -0.497 e. The number of fused-ring (bicyclic) bond motifs is 1. The van der Waals surface area contributed by atoms with Crippen LogP contribution in [0.2, 0.25) is 0 Å². The van der Waals surface area contributed by atoms with Gasteiger partial charge in [-0.2, -0.15) is 0 Å². The molecular formula is C24H29N3O3. The van der Waals surface area contributed by atoms with Crippen molar-refractivity contribution in [1.29, 1.82) is 0 Å². The first kappa shape index (κ1) is 20.3. The van der Waals surface area contributed by atoms with Crippen LogP contribution in [0.3, 0.4) is 0 Å². The number of rotatable bonds is 5. The molecule has 1 unspecified atom stereocenters. The van der Waals surface area contributed by atoms with E-state index in [0.717, 1.165) is 35.7 Å². The smallest absolute Gasteiger partial charge is 0.255 e. The molecule has 2 aliphatic heterocycles. The lowest BCUT2D eigenvalue weighted by Crippen LogP contribution is -2.56. The van der Waals surface area contributed by atoms with E-state index in [9.17, 15) is 9.59 Å². The van der Waals surface area contributed by atoms with E-state index >= 15 is 0 Å². The van der Waals surface area contributed by atoms with Gasteiger partial charge >= 0.3 is 0 Å². The van der Waals surface area contributed by atoms with Crippen molar-refractivity contribution in [3.8, 4) is 5.75 Å². The van der Waals surface area contributed by atoms with Gasteiger partial charge in [0.15, 0.2) is 0 Å². The van der Waals surface area contributed by atoms with Gasteiger partial charge in [-0.05, 0) is 29.7 Å². The molecule has 0 spiro atoms. The Morgan fingerprint density at radius 1 is 1.00 bits per heavy atom. The molecule has 1 atom stereocenters. The maximum absolute atomic E-state index is 13.5. The zero-order valence-corrected chi connectivity index (χ0v) is 17.9. The highest BCUT2D eigenvalue weighted by Gasteiger charge is 2.40. The van der Waals surface area contributed by atoms with Crippen LogP contribution in [0, 0.1) is 5.92 Å². The average molecular weight is 408 g/mol. The van der Waals surface area contributed by atoms with Gasteiger partial charge in [-0.1, -0.05) is 38.1 Å². The molecule has 0 saturated carbocycles. The summed E-state index contributed by atoms with van der Waals surface area (Å²) in [6, 6.07) is 15.2. The molecule has 4 rings (SSSR count). The van der Waals surface area contributed by atoms with Gasteiger partial charge in [0.05, 0.1) is 7.11 Å². The molecule has 1 saturated heterocycles. The van der Waals surface area contributed by atoms with Crippen LogP contribution >= 0.6 is 0 Å². The zero-order chi connectivity index (χ0) is 21.3. The van der Waals surface area contributed by atoms with Crippen molar-refractivity contribution in [3.05, 3.63) is 59.7 Å². The quantitative estimate of drug-likeness (QED) is 0.765. The number of carbonyl (C=O) groups is 2. The van der Waals surface area contributed by atoms with Gasteiger partial charge in [0.25, 0.3) is 5.91 Å². The van der Waals surface area contributed by atoms with Crippen LogP contribution in [0.5, 0.6) is 5.75 Å². The number of ether oxygens (including phenoxy) is 1. The van der Waals surface area contributed by atoms with Crippen LogP contribution in [-0.2, 0) is 11.3 Å². The lowest BCUT2D eigenvalue weighted by Gasteiger charge is -2.40. The number of amides is 2. The summed E-state index contributed by atoms with van der Waals surface area (Å²) in [6.45, 7) is 7.36. The van der Waals surface area contributed by atoms with Gasteiger partial charge in [-0.15, -0.1) is 0 Å². The third kappa shape index (κ3) is 3.74. The molecule has 0 aromatic heterocycles.